The number of piperidine rings is 1. The van der Waals surface area contributed by atoms with Crippen LogP contribution in [0.2, 0.25) is 0 Å². The number of hydrogen-bond donors (Lipinski definition) is 1. The van der Waals surface area contributed by atoms with Gasteiger partial charge in [0.2, 0.25) is 17.6 Å². The van der Waals surface area contributed by atoms with Crippen LogP contribution >= 0.6 is 11.3 Å². The van der Waals surface area contributed by atoms with Crippen LogP contribution < -0.4 is 5.32 Å². The van der Waals surface area contributed by atoms with Gasteiger partial charge in [-0.05, 0) is 56.4 Å². The number of nitrogens with zero attached hydrogens (tertiary/aromatic N) is 4. The van der Waals surface area contributed by atoms with E-state index in [1.807, 2.05) is 13.0 Å². The minimum Gasteiger partial charge on any atom is -0.339 e. The maximum atomic E-state index is 13.3. The van der Waals surface area contributed by atoms with E-state index in [-0.39, 0.29) is 16.7 Å². The molecule has 2 fully saturated rings. The van der Waals surface area contributed by atoms with E-state index in [1.165, 1.54) is 10.7 Å². The van der Waals surface area contributed by atoms with Crippen LogP contribution in [0.25, 0.3) is 11.4 Å². The standard InChI is InChI=1S/C22H25N5O4S2/c1-14-7-8-23-18(10-14)24-21(28)16-6-3-9-27(12-16)33(29,30)19-11-17(13-32-19)20-25-22(31-26-20)15-4-2-5-15/h7-8,10-11,13,15-16H,2-6,9,12H2,1H3,(H,23,24,28)/t16-/m0/s1. The molecule has 4 heterocycles. The Bertz CT molecular complexity index is 1270. The molecule has 1 saturated carbocycles. The third-order valence-corrected chi connectivity index (χ3v) is 9.53. The second-order valence-corrected chi connectivity index (χ2v) is 11.7. The molecule has 9 nitrogen and oxygen atoms in total. The number of pyridine rings is 1. The Hall–Kier alpha value is -2.63. The highest BCUT2D eigenvalue weighted by atomic mass is 32.2. The van der Waals surface area contributed by atoms with Gasteiger partial charge in [-0.3, -0.25) is 4.79 Å². The Morgan fingerprint density at radius 1 is 1.24 bits per heavy atom. The van der Waals surface area contributed by atoms with Crippen LogP contribution in [0.3, 0.4) is 0 Å². The van der Waals surface area contributed by atoms with Crippen molar-refractivity contribution in [3.8, 4) is 11.4 Å². The highest BCUT2D eigenvalue weighted by molar-refractivity contribution is 7.91. The molecule has 0 aromatic carbocycles. The van der Waals surface area contributed by atoms with Gasteiger partial charge in [-0.2, -0.15) is 9.29 Å². The first-order chi connectivity index (χ1) is 15.9. The molecule has 174 valence electrons. The average molecular weight is 488 g/mol. The van der Waals surface area contributed by atoms with Gasteiger partial charge in [-0.25, -0.2) is 13.4 Å². The largest absolute Gasteiger partial charge is 0.339 e. The summed E-state index contributed by atoms with van der Waals surface area (Å²) in [5, 5.41) is 8.58. The van der Waals surface area contributed by atoms with Crippen LogP contribution in [0.15, 0.2) is 38.5 Å². The third kappa shape index (κ3) is 4.57. The van der Waals surface area contributed by atoms with Gasteiger partial charge >= 0.3 is 0 Å². The van der Waals surface area contributed by atoms with Crippen molar-refractivity contribution >= 4 is 33.1 Å². The van der Waals surface area contributed by atoms with Crippen molar-refractivity contribution in [2.24, 2.45) is 5.92 Å². The fourth-order valence-corrected chi connectivity index (χ4v) is 6.91. The first-order valence-corrected chi connectivity index (χ1v) is 13.4. The number of anilines is 1. The van der Waals surface area contributed by atoms with Gasteiger partial charge in [0.25, 0.3) is 10.0 Å². The van der Waals surface area contributed by atoms with Crippen LogP contribution in [0.1, 0.15) is 49.5 Å². The van der Waals surface area contributed by atoms with E-state index in [1.54, 1.807) is 23.7 Å². The molecule has 33 heavy (non-hydrogen) atoms. The number of carbonyl (C=O) groups is 1. The number of sulfonamides is 1. The predicted octanol–water partition coefficient (Wildman–Crippen LogP) is 3.81. The van der Waals surface area contributed by atoms with E-state index in [4.69, 9.17) is 4.52 Å². The lowest BCUT2D eigenvalue weighted by Gasteiger charge is -2.30. The normalized spacial score (nSPS) is 19.8. The first kappa shape index (κ1) is 22.2. The summed E-state index contributed by atoms with van der Waals surface area (Å²) in [6, 6.07) is 5.23. The van der Waals surface area contributed by atoms with E-state index in [0.29, 0.717) is 48.4 Å². The van der Waals surface area contributed by atoms with Crippen molar-refractivity contribution in [2.75, 3.05) is 18.4 Å². The Labute approximate surface area is 196 Å². The summed E-state index contributed by atoms with van der Waals surface area (Å²) < 4.78 is 33.6. The van der Waals surface area contributed by atoms with Crippen molar-refractivity contribution in [1.82, 2.24) is 19.4 Å². The molecule has 0 spiro atoms. The maximum Gasteiger partial charge on any atom is 0.252 e. The van der Waals surface area contributed by atoms with E-state index in [2.05, 4.69) is 20.4 Å². The number of aromatic nitrogens is 3. The van der Waals surface area contributed by atoms with Gasteiger partial charge in [-0.15, -0.1) is 11.3 Å². The molecule has 11 heteroatoms. The van der Waals surface area contributed by atoms with Gasteiger partial charge in [0.1, 0.15) is 10.0 Å². The first-order valence-electron chi connectivity index (χ1n) is 11.1. The smallest absolute Gasteiger partial charge is 0.252 e. The lowest BCUT2D eigenvalue weighted by Crippen LogP contribution is -2.43. The van der Waals surface area contributed by atoms with Gasteiger partial charge in [-0.1, -0.05) is 11.6 Å². The summed E-state index contributed by atoms with van der Waals surface area (Å²) in [7, 11) is -3.73. The van der Waals surface area contributed by atoms with Crippen molar-refractivity contribution in [3.63, 3.8) is 0 Å². The van der Waals surface area contributed by atoms with E-state index in [0.717, 1.165) is 29.7 Å². The van der Waals surface area contributed by atoms with E-state index in [9.17, 15) is 13.2 Å². The number of thiophene rings is 1. The fourth-order valence-electron chi connectivity index (χ4n) is 4.08. The Morgan fingerprint density at radius 2 is 2.09 bits per heavy atom. The van der Waals surface area contributed by atoms with Gasteiger partial charge in [0.05, 0.1) is 5.92 Å². The van der Waals surface area contributed by atoms with Crippen molar-refractivity contribution in [2.45, 2.75) is 49.2 Å². The van der Waals surface area contributed by atoms with E-state index >= 15 is 0 Å². The quantitative estimate of drug-likeness (QED) is 0.562. The summed E-state index contributed by atoms with van der Waals surface area (Å²) in [5.41, 5.74) is 1.62. The minimum absolute atomic E-state index is 0.140. The highest BCUT2D eigenvalue weighted by Gasteiger charge is 2.34. The number of rotatable bonds is 6. The molecule has 3 aromatic rings. The summed E-state index contributed by atoms with van der Waals surface area (Å²) in [6.45, 7) is 2.45. The van der Waals surface area contributed by atoms with Crippen LogP contribution in [0, 0.1) is 12.8 Å². The molecule has 5 rings (SSSR count). The Balaban J connectivity index is 1.28. The molecular formula is C22H25N5O4S2. The SMILES string of the molecule is Cc1ccnc(NC(=O)[C@H]2CCCN(S(=O)(=O)c3cc(-c4noc(C5CCC5)n4)cs3)C2)c1. The number of aryl methyl sites for hydroxylation is 1. The van der Waals surface area contributed by atoms with Crippen LogP contribution in [0.4, 0.5) is 5.82 Å². The van der Waals surface area contributed by atoms with Crippen LogP contribution in [-0.4, -0.2) is 46.8 Å². The van der Waals surface area contributed by atoms with Crippen molar-refractivity contribution in [3.05, 3.63) is 41.2 Å². The second-order valence-electron chi connectivity index (χ2n) is 8.65. The molecular weight excluding hydrogens is 462 g/mol. The van der Waals surface area contributed by atoms with Crippen LogP contribution in [0.5, 0.6) is 0 Å². The lowest BCUT2D eigenvalue weighted by molar-refractivity contribution is -0.120. The topological polar surface area (TPSA) is 118 Å². The third-order valence-electron chi connectivity index (χ3n) is 6.25. The number of hydrogen-bond acceptors (Lipinski definition) is 8. The molecule has 0 bridgehead atoms. The van der Waals surface area contributed by atoms with Crippen molar-refractivity contribution in [1.29, 1.82) is 0 Å². The number of nitrogens with one attached hydrogen (secondary N) is 1. The molecule has 1 aliphatic carbocycles. The molecule has 1 amide bonds. The Morgan fingerprint density at radius 3 is 2.85 bits per heavy atom. The predicted molar refractivity (Wildman–Crippen MR) is 123 cm³/mol. The van der Waals surface area contributed by atoms with E-state index < -0.39 is 15.9 Å². The highest BCUT2D eigenvalue weighted by Crippen LogP contribution is 2.37. The zero-order chi connectivity index (χ0) is 23.0. The molecule has 0 unspecified atom stereocenters. The monoisotopic (exact) mass is 487 g/mol. The molecule has 3 aromatic heterocycles. The van der Waals surface area contributed by atoms with Gasteiger partial charge in [0.15, 0.2) is 0 Å². The van der Waals surface area contributed by atoms with Crippen molar-refractivity contribution < 1.29 is 17.7 Å². The zero-order valence-corrected chi connectivity index (χ0v) is 19.9. The van der Waals surface area contributed by atoms with Crippen LogP contribution in [-0.2, 0) is 14.8 Å². The maximum absolute atomic E-state index is 13.3. The van der Waals surface area contributed by atoms with Gasteiger partial charge < -0.3 is 9.84 Å². The molecule has 0 radical (unpaired) electrons. The summed E-state index contributed by atoms with van der Waals surface area (Å²) in [5.74, 6) is 1.19. The summed E-state index contributed by atoms with van der Waals surface area (Å²) in [6.07, 6.45) is 6.15. The molecule has 1 atom stereocenters. The van der Waals surface area contributed by atoms with Gasteiger partial charge in [0, 0.05) is 36.1 Å². The molecule has 1 saturated heterocycles. The molecule has 2 aliphatic rings. The zero-order valence-electron chi connectivity index (χ0n) is 18.2. The lowest BCUT2D eigenvalue weighted by atomic mass is 9.85. The second kappa shape index (κ2) is 8.96. The summed E-state index contributed by atoms with van der Waals surface area (Å²) >= 11 is 1.13. The minimum atomic E-state index is -3.73. The fraction of sp³-hybridized carbons (Fsp3) is 0.455. The Kier molecular flexibility index (Phi) is 6.02. The average Bonchev–Trinajstić information content (AvgIpc) is 3.43. The molecule has 1 N–H and O–H groups in total. The number of carbonyl (C=O) groups excluding carboxylic acids is 1. The number of amides is 1. The molecule has 1 aliphatic heterocycles. The summed E-state index contributed by atoms with van der Waals surface area (Å²) in [4.78, 5) is 21.4.